The third kappa shape index (κ3) is 5.97. The van der Waals surface area contributed by atoms with E-state index in [1.54, 1.807) is 14.2 Å². The number of halogens is 1. The number of aryl methyl sites for hydroxylation is 2. The zero-order chi connectivity index (χ0) is 33.7. The Labute approximate surface area is 298 Å². The van der Waals surface area contributed by atoms with Crippen LogP contribution in [0.3, 0.4) is 0 Å². The summed E-state index contributed by atoms with van der Waals surface area (Å²) in [6.07, 6.45) is 6.58. The van der Waals surface area contributed by atoms with Gasteiger partial charge in [-0.2, -0.15) is 17.9 Å². The number of hydrogen-bond acceptors (Lipinski definition) is 9. The molecule has 1 aliphatic heterocycles. The third-order valence-corrected chi connectivity index (χ3v) is 10.0. The van der Waals surface area contributed by atoms with E-state index in [9.17, 15) is 14.4 Å². The van der Waals surface area contributed by atoms with E-state index in [2.05, 4.69) is 26.5 Å². The maximum Gasteiger partial charge on any atom is 2.00 e. The molecule has 3 aromatic heterocycles. The minimum absolute atomic E-state index is 0. The van der Waals surface area contributed by atoms with E-state index >= 15 is 0 Å². The molecule has 5 aromatic rings. The molecule has 0 unspecified atom stereocenters. The molecular formula is C36H34ClMnN7O4. The number of rotatable bonds is 9. The second-order valence-electron chi connectivity index (χ2n) is 12.4. The first kappa shape index (κ1) is 34.5. The van der Waals surface area contributed by atoms with Gasteiger partial charge in [0.15, 0.2) is 5.82 Å². The first-order valence-electron chi connectivity index (χ1n) is 15.8. The summed E-state index contributed by atoms with van der Waals surface area (Å²) in [5, 5.41) is 12.4. The molecule has 1 atom stereocenters. The van der Waals surface area contributed by atoms with Gasteiger partial charge < -0.3 is 19.7 Å². The minimum atomic E-state index is -0.458. The van der Waals surface area contributed by atoms with Gasteiger partial charge in [-0.1, -0.05) is 41.9 Å². The van der Waals surface area contributed by atoms with Crippen molar-refractivity contribution in [2.45, 2.75) is 38.6 Å². The van der Waals surface area contributed by atoms with E-state index < -0.39 is 11.2 Å². The molecule has 0 bridgehead atoms. The first-order chi connectivity index (χ1) is 23.2. The molecule has 4 heterocycles. The molecule has 1 N–H and O–H groups in total. The number of nitrogens with zero attached hydrogens (tertiary/aromatic N) is 6. The zero-order valence-electron chi connectivity index (χ0n) is 27.5. The Bertz CT molecular complexity index is 2210. The molecule has 11 nitrogen and oxygen atoms in total. The van der Waals surface area contributed by atoms with E-state index in [1.807, 2.05) is 49.6 Å². The fourth-order valence-electron chi connectivity index (χ4n) is 7.02. The summed E-state index contributed by atoms with van der Waals surface area (Å²) in [5.74, 6) is 2.25. The fraction of sp³-hybridized carbons (Fsp3) is 0.306. The summed E-state index contributed by atoms with van der Waals surface area (Å²) in [6.45, 7) is 3.75. The van der Waals surface area contributed by atoms with Crippen molar-refractivity contribution in [3.05, 3.63) is 97.1 Å². The van der Waals surface area contributed by atoms with E-state index in [-0.39, 0.29) is 34.3 Å². The maximum absolute atomic E-state index is 13.1. The van der Waals surface area contributed by atoms with Crippen LogP contribution in [0.2, 0.25) is 5.02 Å². The van der Waals surface area contributed by atoms with Crippen LogP contribution in [-0.4, -0.2) is 55.7 Å². The molecule has 7 rings (SSSR count). The van der Waals surface area contributed by atoms with Crippen molar-refractivity contribution in [2.24, 2.45) is 14.1 Å². The molecule has 251 valence electrons. The Morgan fingerprint density at radius 3 is 2.57 bits per heavy atom. The number of hydrogen-bond donors (Lipinski definition) is 1. The summed E-state index contributed by atoms with van der Waals surface area (Å²) in [4.78, 5) is 43.7. The number of likely N-dealkylation sites (tertiary alicyclic amines) is 1. The topological polar surface area (TPSA) is 124 Å². The number of methoxy groups -OCH3 is 1. The van der Waals surface area contributed by atoms with Gasteiger partial charge in [-0.15, -0.1) is 18.2 Å². The van der Waals surface area contributed by atoms with Crippen LogP contribution in [0.4, 0.5) is 11.5 Å². The number of nitrogens with one attached hydrogen (secondary N) is 1. The van der Waals surface area contributed by atoms with Crippen molar-refractivity contribution in [1.29, 1.82) is 0 Å². The van der Waals surface area contributed by atoms with Crippen molar-refractivity contribution in [2.75, 3.05) is 25.5 Å². The molecule has 1 aliphatic carbocycles. The third-order valence-electron chi connectivity index (χ3n) is 9.63. The SMILES string of the molecule is COc1nc(-c2cccc(-c3cccc(Nc4nncc5c4c(=O)n(C)c(=O)n5C)c3C)c2Cl)cc2c1[C@H](N1C[C-](CC[C-]=O)C1)CC2.[Mn+2]. The number of carbonyl (C=O) groups excluding carboxylic acids is 1. The average molecular weight is 719 g/mol. The van der Waals surface area contributed by atoms with Crippen LogP contribution in [0.15, 0.2) is 58.3 Å². The number of fused-ring (bicyclic) bond motifs is 2. The largest absolute Gasteiger partial charge is 2.00 e. The van der Waals surface area contributed by atoms with Gasteiger partial charge in [-0.25, -0.2) is 9.78 Å². The fourth-order valence-corrected chi connectivity index (χ4v) is 7.34. The second kappa shape index (κ2) is 13.9. The molecule has 0 spiro atoms. The van der Waals surface area contributed by atoms with Crippen LogP contribution in [0.1, 0.15) is 42.0 Å². The van der Waals surface area contributed by atoms with E-state index in [1.165, 1.54) is 29.3 Å². The second-order valence-corrected chi connectivity index (χ2v) is 12.8. The van der Waals surface area contributed by atoms with Crippen LogP contribution in [0.5, 0.6) is 5.88 Å². The summed E-state index contributed by atoms with van der Waals surface area (Å²) >= 11 is 7.19. The molecule has 1 fully saturated rings. The number of anilines is 2. The van der Waals surface area contributed by atoms with E-state index in [0.717, 1.165) is 70.4 Å². The predicted molar refractivity (Wildman–Crippen MR) is 186 cm³/mol. The molecule has 13 heteroatoms. The smallest absolute Gasteiger partial charge is 0.542 e. The molecule has 1 radical (unpaired) electrons. The van der Waals surface area contributed by atoms with Crippen LogP contribution in [0.25, 0.3) is 33.3 Å². The Kier molecular flexibility index (Phi) is 9.77. The maximum atomic E-state index is 13.1. The van der Waals surface area contributed by atoms with Crippen molar-refractivity contribution in [3.8, 4) is 28.3 Å². The molecule has 49 heavy (non-hydrogen) atoms. The quantitative estimate of drug-likeness (QED) is 0.161. The van der Waals surface area contributed by atoms with Gasteiger partial charge in [-0.3, -0.25) is 26.1 Å². The Morgan fingerprint density at radius 1 is 1.08 bits per heavy atom. The van der Waals surface area contributed by atoms with Gasteiger partial charge in [0.05, 0.1) is 29.5 Å². The van der Waals surface area contributed by atoms with Crippen molar-refractivity contribution < 1.29 is 26.6 Å². The van der Waals surface area contributed by atoms with Gasteiger partial charge >= 0.3 is 22.8 Å². The molecule has 0 amide bonds. The monoisotopic (exact) mass is 718 g/mol. The summed E-state index contributed by atoms with van der Waals surface area (Å²) in [6, 6.07) is 14.1. The Morgan fingerprint density at radius 2 is 1.82 bits per heavy atom. The summed E-state index contributed by atoms with van der Waals surface area (Å²) in [5.41, 5.74) is 6.69. The van der Waals surface area contributed by atoms with Crippen molar-refractivity contribution in [1.82, 2.24) is 29.2 Å². The minimum Gasteiger partial charge on any atom is -0.542 e. The summed E-state index contributed by atoms with van der Waals surface area (Å²) < 4.78 is 8.30. The predicted octanol–water partition coefficient (Wildman–Crippen LogP) is 5.24. The average Bonchev–Trinajstić information content (AvgIpc) is 3.50. The number of benzene rings is 2. The molecule has 0 saturated carbocycles. The molecule has 2 aromatic carbocycles. The standard InChI is InChI=1S/C36H34ClN7O4.Mn/c1-20-23(9-6-12-26(20)39-33-31-29(17-38-41-33)42(2)36(47)43(3)35(31)46)24-10-5-11-25(32(24)37)27-16-22-13-14-28(30(22)34(40-27)48-4)44-18-21(19-44)8-7-15-45;/h5-6,9-12,16-17,28H,7-8,13-14,18-19H2,1-4H3,(H,39,41);/q-2;+2/t28-;/m1./s1. The van der Waals surface area contributed by atoms with Gasteiger partial charge in [0.2, 0.25) is 5.88 Å². The molecular weight excluding hydrogens is 685 g/mol. The molecule has 2 aliphatic rings. The van der Waals surface area contributed by atoms with Crippen LogP contribution in [-0.2, 0) is 42.4 Å². The number of aromatic nitrogens is 5. The van der Waals surface area contributed by atoms with Crippen LogP contribution in [0, 0.1) is 12.8 Å². The number of pyridine rings is 1. The van der Waals surface area contributed by atoms with Gasteiger partial charge in [-0.05, 0) is 48.6 Å². The molecule has 1 saturated heterocycles. The number of ether oxygens (including phenoxy) is 1. The van der Waals surface area contributed by atoms with Crippen LogP contribution >= 0.6 is 11.6 Å². The van der Waals surface area contributed by atoms with E-state index in [0.29, 0.717) is 28.5 Å². The van der Waals surface area contributed by atoms with Crippen molar-refractivity contribution in [3.63, 3.8) is 0 Å². The Balaban J connectivity index is 0.00000417. The van der Waals surface area contributed by atoms with Gasteiger partial charge in [0.25, 0.3) is 5.56 Å². The first-order valence-corrected chi connectivity index (χ1v) is 16.2. The van der Waals surface area contributed by atoms with Gasteiger partial charge in [0, 0.05) is 42.5 Å². The Hall–Kier alpha value is -4.35. The zero-order valence-corrected chi connectivity index (χ0v) is 29.4. The van der Waals surface area contributed by atoms with E-state index in [4.69, 9.17) is 21.3 Å². The summed E-state index contributed by atoms with van der Waals surface area (Å²) in [7, 11) is 4.70. The van der Waals surface area contributed by atoms with Gasteiger partial charge in [0.1, 0.15) is 5.39 Å². The van der Waals surface area contributed by atoms with Crippen molar-refractivity contribution >= 4 is 40.3 Å². The normalized spacial score (nSPS) is 15.8. The van der Waals surface area contributed by atoms with Crippen LogP contribution < -0.4 is 21.3 Å².